The number of carbonyl (C=O) groups is 1. The highest BCUT2D eigenvalue weighted by molar-refractivity contribution is 6.06. The molecule has 9 nitrogen and oxygen atoms in total. The second-order valence-electron chi connectivity index (χ2n) is 6.46. The van der Waals surface area contributed by atoms with Gasteiger partial charge in [-0.3, -0.25) is 4.79 Å². The molecule has 4 rings (SSSR count). The van der Waals surface area contributed by atoms with E-state index in [4.69, 9.17) is 0 Å². The maximum atomic E-state index is 12.8. The summed E-state index contributed by atoms with van der Waals surface area (Å²) in [7, 11) is 1.73. The Labute approximate surface area is 159 Å². The highest BCUT2D eigenvalue weighted by Crippen LogP contribution is 2.23. The van der Waals surface area contributed by atoms with Gasteiger partial charge in [0, 0.05) is 23.9 Å². The van der Waals surface area contributed by atoms with Crippen LogP contribution in [0, 0.1) is 6.92 Å². The van der Waals surface area contributed by atoms with Crippen molar-refractivity contribution in [1.82, 2.24) is 24.7 Å². The van der Waals surface area contributed by atoms with Gasteiger partial charge in [-0.15, -0.1) is 0 Å². The third kappa shape index (κ3) is 3.19. The summed E-state index contributed by atoms with van der Waals surface area (Å²) in [5, 5.41) is 16.2. The first kappa shape index (κ1) is 17.7. The number of imidazole rings is 1. The van der Waals surface area contributed by atoms with Crippen molar-refractivity contribution in [2.45, 2.75) is 13.5 Å². The van der Waals surface area contributed by atoms with Crippen molar-refractivity contribution in [3.8, 4) is 11.4 Å². The number of aryl methyl sites for hydroxylation is 2. The lowest BCUT2D eigenvalue weighted by Crippen LogP contribution is -2.13. The summed E-state index contributed by atoms with van der Waals surface area (Å²) in [5.74, 6) is 0.588. The smallest absolute Gasteiger partial charge is 0.323 e. The minimum absolute atomic E-state index is 0.253. The predicted molar refractivity (Wildman–Crippen MR) is 104 cm³/mol. The van der Waals surface area contributed by atoms with E-state index in [1.165, 1.54) is 0 Å². The van der Waals surface area contributed by atoms with Crippen LogP contribution >= 0.6 is 0 Å². The molecular weight excluding hydrogens is 360 g/mol. The molecule has 0 bridgehead atoms. The normalized spacial score (nSPS) is 11.1. The van der Waals surface area contributed by atoms with Gasteiger partial charge in [0.25, 0.3) is 5.91 Å². The average molecular weight is 378 g/mol. The number of aliphatic hydroxyl groups is 1. The summed E-state index contributed by atoms with van der Waals surface area (Å²) in [4.78, 5) is 33.9. The molecule has 28 heavy (non-hydrogen) atoms. The highest BCUT2D eigenvalue weighted by Gasteiger charge is 2.13. The molecule has 0 saturated heterocycles. The molecule has 0 fully saturated rings. The van der Waals surface area contributed by atoms with Crippen LogP contribution in [0.4, 0.5) is 5.69 Å². The SMILES string of the molecule is Cc1cc2[nH]c(=O)[nH]c2cc1NC(=O)c1cccc(-c2nc(CO)nn2C)c1. The topological polar surface area (TPSA) is 129 Å². The minimum Gasteiger partial charge on any atom is -0.388 e. The maximum Gasteiger partial charge on any atom is 0.323 e. The van der Waals surface area contributed by atoms with Crippen LogP contribution in [0.2, 0.25) is 0 Å². The van der Waals surface area contributed by atoms with Crippen LogP contribution in [0.15, 0.2) is 41.2 Å². The third-order valence-corrected chi connectivity index (χ3v) is 4.44. The quantitative estimate of drug-likeness (QED) is 0.430. The predicted octanol–water partition coefficient (Wildman–Crippen LogP) is 1.70. The van der Waals surface area contributed by atoms with E-state index in [9.17, 15) is 14.7 Å². The van der Waals surface area contributed by atoms with Gasteiger partial charge in [0.15, 0.2) is 11.6 Å². The lowest BCUT2D eigenvalue weighted by molar-refractivity contribution is 0.102. The van der Waals surface area contributed by atoms with Gasteiger partial charge in [0.05, 0.1) is 11.0 Å². The number of carbonyl (C=O) groups excluding carboxylic acids is 1. The fourth-order valence-corrected chi connectivity index (χ4v) is 3.08. The number of H-pyrrole nitrogens is 2. The van der Waals surface area contributed by atoms with E-state index in [-0.39, 0.29) is 18.2 Å². The van der Waals surface area contributed by atoms with E-state index in [2.05, 4.69) is 25.4 Å². The molecule has 0 aliphatic heterocycles. The molecule has 0 spiro atoms. The van der Waals surface area contributed by atoms with Crippen molar-refractivity contribution >= 4 is 22.6 Å². The first-order valence-corrected chi connectivity index (χ1v) is 8.60. The standard InChI is InChI=1S/C19H18N6O3/c1-10-6-14-15(22-19(28)21-14)8-13(10)20-18(27)12-5-3-4-11(7-12)17-23-16(9-26)24-25(17)2/h3-8,26H,9H2,1-2H3,(H,20,27)(H2,21,22,28). The lowest BCUT2D eigenvalue weighted by atomic mass is 10.1. The fourth-order valence-electron chi connectivity index (χ4n) is 3.08. The number of rotatable bonds is 4. The molecule has 2 aromatic heterocycles. The van der Waals surface area contributed by atoms with Crippen molar-refractivity contribution < 1.29 is 9.90 Å². The van der Waals surface area contributed by atoms with Gasteiger partial charge in [0.2, 0.25) is 0 Å². The summed E-state index contributed by atoms with van der Waals surface area (Å²) in [6, 6.07) is 10.5. The summed E-state index contributed by atoms with van der Waals surface area (Å²) >= 11 is 0. The number of anilines is 1. The molecule has 0 atom stereocenters. The van der Waals surface area contributed by atoms with Crippen molar-refractivity contribution in [2.75, 3.05) is 5.32 Å². The number of aliphatic hydroxyl groups excluding tert-OH is 1. The maximum absolute atomic E-state index is 12.8. The molecule has 0 aliphatic carbocycles. The first-order chi connectivity index (χ1) is 13.4. The van der Waals surface area contributed by atoms with Gasteiger partial charge < -0.3 is 20.4 Å². The van der Waals surface area contributed by atoms with Crippen LogP contribution in [0.5, 0.6) is 0 Å². The van der Waals surface area contributed by atoms with Crippen LogP contribution in [0.25, 0.3) is 22.4 Å². The highest BCUT2D eigenvalue weighted by atomic mass is 16.3. The summed E-state index contributed by atoms with van der Waals surface area (Å²) < 4.78 is 1.56. The molecule has 2 heterocycles. The molecule has 4 aromatic rings. The van der Waals surface area contributed by atoms with Crippen molar-refractivity contribution in [1.29, 1.82) is 0 Å². The molecule has 2 aromatic carbocycles. The Bertz CT molecular complexity index is 1250. The number of benzene rings is 2. The van der Waals surface area contributed by atoms with Gasteiger partial charge in [-0.05, 0) is 36.8 Å². The van der Waals surface area contributed by atoms with Crippen LogP contribution in [-0.4, -0.2) is 35.7 Å². The number of nitrogens with zero attached hydrogens (tertiary/aromatic N) is 3. The Balaban J connectivity index is 1.64. The Morgan fingerprint density at radius 1 is 1.21 bits per heavy atom. The van der Waals surface area contributed by atoms with E-state index in [1.54, 1.807) is 42.1 Å². The Morgan fingerprint density at radius 2 is 1.96 bits per heavy atom. The molecular formula is C19H18N6O3. The molecule has 9 heteroatoms. The zero-order valence-electron chi connectivity index (χ0n) is 15.3. The van der Waals surface area contributed by atoms with Crippen LogP contribution < -0.4 is 11.0 Å². The minimum atomic E-state index is -0.295. The number of aromatic amines is 2. The van der Waals surface area contributed by atoms with Crippen LogP contribution in [-0.2, 0) is 13.7 Å². The average Bonchev–Trinajstić information content (AvgIpc) is 3.23. The van der Waals surface area contributed by atoms with E-state index >= 15 is 0 Å². The third-order valence-electron chi connectivity index (χ3n) is 4.44. The van der Waals surface area contributed by atoms with Crippen molar-refractivity contribution in [3.63, 3.8) is 0 Å². The lowest BCUT2D eigenvalue weighted by Gasteiger charge is -2.09. The fraction of sp³-hybridized carbons (Fsp3) is 0.158. The van der Waals surface area contributed by atoms with Gasteiger partial charge >= 0.3 is 5.69 Å². The molecule has 0 aliphatic rings. The van der Waals surface area contributed by atoms with Gasteiger partial charge in [-0.1, -0.05) is 12.1 Å². The molecule has 142 valence electrons. The number of amides is 1. The monoisotopic (exact) mass is 378 g/mol. The Morgan fingerprint density at radius 3 is 2.68 bits per heavy atom. The summed E-state index contributed by atoms with van der Waals surface area (Å²) in [5.41, 5.74) is 3.61. The molecule has 0 saturated carbocycles. The van der Waals surface area contributed by atoms with Gasteiger partial charge in [-0.25, -0.2) is 14.5 Å². The van der Waals surface area contributed by atoms with Crippen LogP contribution in [0.1, 0.15) is 21.7 Å². The molecule has 0 radical (unpaired) electrons. The second kappa shape index (κ2) is 6.78. The first-order valence-electron chi connectivity index (χ1n) is 8.60. The van der Waals surface area contributed by atoms with Crippen molar-refractivity contribution in [3.05, 3.63) is 63.8 Å². The second-order valence-corrected chi connectivity index (χ2v) is 6.46. The number of nitrogens with one attached hydrogen (secondary N) is 3. The van der Waals surface area contributed by atoms with E-state index < -0.39 is 0 Å². The zero-order valence-corrected chi connectivity index (χ0v) is 15.3. The van der Waals surface area contributed by atoms with E-state index in [1.807, 2.05) is 13.0 Å². The molecule has 1 amide bonds. The van der Waals surface area contributed by atoms with Gasteiger partial charge in [-0.2, -0.15) is 5.10 Å². The van der Waals surface area contributed by atoms with E-state index in [0.717, 1.165) is 5.56 Å². The summed E-state index contributed by atoms with van der Waals surface area (Å²) in [6.45, 7) is 1.60. The number of aromatic nitrogens is 5. The Kier molecular flexibility index (Phi) is 4.28. The Hall–Kier alpha value is -3.72. The van der Waals surface area contributed by atoms with Crippen LogP contribution in [0.3, 0.4) is 0 Å². The molecule has 4 N–H and O–H groups in total. The largest absolute Gasteiger partial charge is 0.388 e. The number of hydrogen-bond donors (Lipinski definition) is 4. The van der Waals surface area contributed by atoms with Crippen molar-refractivity contribution in [2.24, 2.45) is 7.05 Å². The number of fused-ring (bicyclic) bond motifs is 1. The number of hydrogen-bond acceptors (Lipinski definition) is 5. The summed E-state index contributed by atoms with van der Waals surface area (Å²) in [6.07, 6.45) is 0. The van der Waals surface area contributed by atoms with E-state index in [0.29, 0.717) is 39.5 Å². The molecule has 0 unspecified atom stereocenters. The zero-order chi connectivity index (χ0) is 19.8. The van der Waals surface area contributed by atoms with Gasteiger partial charge in [0.1, 0.15) is 6.61 Å².